The van der Waals surface area contributed by atoms with E-state index in [2.05, 4.69) is 63.2 Å². The molecule has 4 heterocycles. The number of halogens is 3. The highest BCUT2D eigenvalue weighted by Gasteiger charge is 2.15. The van der Waals surface area contributed by atoms with Crippen LogP contribution in [-0.4, -0.2) is 27.5 Å². The SMILES string of the molecule is Cl.Cn1c(COc2ccc(/C=N/N=C(\N)N/N=C/c3ccc(OCc4c[n+]5ccccc5n4C)cc3)cc2)c[n+]2ccccc12.[Cl-].[Cl-]. The van der Waals surface area contributed by atoms with Crippen LogP contribution >= 0.6 is 12.4 Å². The first-order chi connectivity index (χ1) is 21.5. The van der Waals surface area contributed by atoms with Gasteiger partial charge in [-0.1, -0.05) is 12.1 Å². The predicted molar refractivity (Wildman–Crippen MR) is 176 cm³/mol. The number of guanidine groups is 1. The Morgan fingerprint density at radius 2 is 1.19 bits per heavy atom. The number of aryl methyl sites for hydroxylation is 2. The van der Waals surface area contributed by atoms with Gasteiger partial charge < -0.3 is 40.0 Å². The third kappa shape index (κ3) is 9.01. The largest absolute Gasteiger partial charge is 1.00 e. The standard InChI is InChI=1S/C33H33N9O2.3ClH/c1-39-27(21-41-17-5-3-7-31(39)41)23-43-29-13-9-25(10-14-29)19-35-37-33(34)38-36-20-26-11-15-30(16-12-26)44-24-28-22-42-18-6-4-8-32(42)40(28)2;;;/h3-22H,23-24H2,1-2H3,(H3,34,37,38);3*1H/q+2;;;/p-2/b35-19+,36-20+;;;. The van der Waals surface area contributed by atoms with Gasteiger partial charge in [0.25, 0.3) is 11.3 Å². The molecule has 0 saturated heterocycles. The van der Waals surface area contributed by atoms with Crippen molar-refractivity contribution >= 4 is 42.1 Å². The van der Waals surface area contributed by atoms with E-state index in [1.807, 2.05) is 99.3 Å². The average Bonchev–Trinajstić information content (AvgIpc) is 3.55. The van der Waals surface area contributed by atoms with Crippen LogP contribution in [0.3, 0.4) is 0 Å². The molecule has 47 heavy (non-hydrogen) atoms. The molecule has 0 fully saturated rings. The van der Waals surface area contributed by atoms with Crippen LogP contribution < -0.4 is 54.2 Å². The van der Waals surface area contributed by atoms with E-state index in [0.29, 0.717) is 13.2 Å². The number of benzene rings is 2. The van der Waals surface area contributed by atoms with Crippen LogP contribution in [0.5, 0.6) is 11.5 Å². The Morgan fingerprint density at radius 3 is 1.66 bits per heavy atom. The van der Waals surface area contributed by atoms with Crippen LogP contribution in [0.25, 0.3) is 11.3 Å². The summed E-state index contributed by atoms with van der Waals surface area (Å²) in [6.45, 7) is 0.922. The van der Waals surface area contributed by atoms with Gasteiger partial charge in [0.2, 0.25) is 5.96 Å². The van der Waals surface area contributed by atoms with E-state index in [0.717, 1.165) is 45.3 Å². The Morgan fingerprint density at radius 1 is 0.723 bits per heavy atom. The lowest BCUT2D eigenvalue weighted by Gasteiger charge is -2.04. The summed E-state index contributed by atoms with van der Waals surface area (Å²) in [6, 6.07) is 27.4. The first kappa shape index (κ1) is 36.4. The molecule has 6 rings (SSSR count). The molecule has 2 aromatic carbocycles. The molecule has 4 aromatic heterocycles. The Labute approximate surface area is 290 Å². The molecule has 14 heteroatoms. The molecule has 0 aliphatic heterocycles. The van der Waals surface area contributed by atoms with Crippen molar-refractivity contribution in [3.05, 3.63) is 132 Å². The van der Waals surface area contributed by atoms with E-state index in [1.165, 1.54) is 0 Å². The molecule has 0 radical (unpaired) electrons. The van der Waals surface area contributed by atoms with Gasteiger partial charge in [0.15, 0.2) is 24.6 Å². The molecule has 6 aromatic rings. The minimum atomic E-state index is 0. The van der Waals surface area contributed by atoms with Crippen LogP contribution in [0, 0.1) is 0 Å². The zero-order chi connectivity index (χ0) is 30.3. The molecule has 0 aliphatic rings. The number of pyridine rings is 2. The van der Waals surface area contributed by atoms with Crippen molar-refractivity contribution in [2.45, 2.75) is 13.2 Å². The molecular formula is C33H34Cl3N9O2. The summed E-state index contributed by atoms with van der Waals surface area (Å²) in [5, 5.41) is 12.1. The topological polar surface area (TPSA) is 112 Å². The zero-order valence-corrected chi connectivity index (χ0v) is 28.0. The fourth-order valence-electron chi connectivity index (χ4n) is 4.71. The molecular weight excluding hydrogens is 661 g/mol. The van der Waals surface area contributed by atoms with E-state index in [1.54, 1.807) is 12.4 Å². The van der Waals surface area contributed by atoms with Gasteiger partial charge in [-0.05, 0) is 71.8 Å². The number of ether oxygens (including phenoxy) is 2. The number of nitrogens with two attached hydrogens (primary N) is 1. The smallest absolute Gasteiger partial charge is 0.286 e. The normalized spacial score (nSPS) is 11.3. The monoisotopic (exact) mass is 693 g/mol. The summed E-state index contributed by atoms with van der Waals surface area (Å²) >= 11 is 0. The van der Waals surface area contributed by atoms with Crippen molar-refractivity contribution in [1.82, 2.24) is 14.6 Å². The number of hydrogen-bond acceptors (Lipinski definition) is 5. The predicted octanol–water partition coefficient (Wildman–Crippen LogP) is -2.30. The Bertz CT molecular complexity index is 1990. The van der Waals surface area contributed by atoms with Crippen molar-refractivity contribution in [2.24, 2.45) is 35.1 Å². The Kier molecular flexibility index (Phi) is 13.1. The Hall–Kier alpha value is -5.10. The molecule has 0 atom stereocenters. The van der Waals surface area contributed by atoms with Crippen molar-refractivity contribution in [3.63, 3.8) is 0 Å². The highest BCUT2D eigenvalue weighted by atomic mass is 35.5. The summed E-state index contributed by atoms with van der Waals surface area (Å²) in [4.78, 5) is 0. The van der Waals surface area contributed by atoms with Crippen LogP contribution in [0.4, 0.5) is 0 Å². The number of aromatic nitrogens is 4. The van der Waals surface area contributed by atoms with Crippen molar-refractivity contribution in [3.8, 4) is 11.5 Å². The number of nitrogens with one attached hydrogen (secondary N) is 1. The first-order valence-electron chi connectivity index (χ1n) is 14.0. The molecule has 0 aliphatic carbocycles. The average molecular weight is 695 g/mol. The second kappa shape index (κ2) is 17.0. The number of hydrazone groups is 1. The highest BCUT2D eigenvalue weighted by Crippen LogP contribution is 2.15. The summed E-state index contributed by atoms with van der Waals surface area (Å²) < 4.78 is 20.3. The number of hydrogen-bond donors (Lipinski definition) is 2. The number of imidazole rings is 2. The lowest BCUT2D eigenvalue weighted by molar-refractivity contribution is -0.511. The van der Waals surface area contributed by atoms with Gasteiger partial charge >= 0.3 is 0 Å². The van der Waals surface area contributed by atoms with E-state index in [9.17, 15) is 0 Å². The van der Waals surface area contributed by atoms with Crippen LogP contribution in [0.1, 0.15) is 22.5 Å². The van der Waals surface area contributed by atoms with Crippen molar-refractivity contribution < 1.29 is 43.1 Å². The van der Waals surface area contributed by atoms with Gasteiger partial charge in [0.1, 0.15) is 23.9 Å². The lowest BCUT2D eigenvalue weighted by Crippen LogP contribution is -3.00. The van der Waals surface area contributed by atoms with Crippen LogP contribution in [0.2, 0.25) is 0 Å². The lowest BCUT2D eigenvalue weighted by atomic mass is 10.2. The van der Waals surface area contributed by atoms with Crippen LogP contribution in [-0.2, 0) is 27.3 Å². The summed E-state index contributed by atoms with van der Waals surface area (Å²) in [7, 11) is 4.06. The second-order valence-electron chi connectivity index (χ2n) is 10.1. The quantitative estimate of drug-likeness (QED) is 0.0728. The van der Waals surface area contributed by atoms with E-state index in [4.69, 9.17) is 15.2 Å². The van der Waals surface area contributed by atoms with Gasteiger partial charge in [-0.25, -0.2) is 23.4 Å². The van der Waals surface area contributed by atoms with E-state index >= 15 is 0 Å². The first-order valence-corrected chi connectivity index (χ1v) is 14.0. The van der Waals surface area contributed by atoms with Crippen molar-refractivity contribution in [1.29, 1.82) is 0 Å². The third-order valence-electron chi connectivity index (χ3n) is 7.16. The fourth-order valence-corrected chi connectivity index (χ4v) is 4.71. The summed E-state index contributed by atoms with van der Waals surface area (Å²) in [5.41, 5.74) is 14.6. The summed E-state index contributed by atoms with van der Waals surface area (Å²) in [5.74, 6) is 1.60. The molecule has 0 amide bonds. The van der Waals surface area contributed by atoms with Gasteiger partial charge in [0.05, 0.1) is 38.9 Å². The third-order valence-corrected chi connectivity index (χ3v) is 7.16. The fraction of sp³-hybridized carbons (Fsp3) is 0.121. The molecule has 3 N–H and O–H groups in total. The maximum absolute atomic E-state index is 5.97. The van der Waals surface area contributed by atoms with E-state index < -0.39 is 0 Å². The second-order valence-corrected chi connectivity index (χ2v) is 10.1. The minimum absolute atomic E-state index is 0. The van der Waals surface area contributed by atoms with E-state index in [-0.39, 0.29) is 43.2 Å². The molecule has 0 unspecified atom stereocenters. The number of nitrogens with zero attached hydrogens (tertiary/aromatic N) is 7. The van der Waals surface area contributed by atoms with Gasteiger partial charge in [-0.3, -0.25) is 0 Å². The maximum atomic E-state index is 5.97. The van der Waals surface area contributed by atoms with Crippen molar-refractivity contribution in [2.75, 3.05) is 0 Å². The summed E-state index contributed by atoms with van der Waals surface area (Å²) in [6.07, 6.45) is 11.4. The maximum Gasteiger partial charge on any atom is 0.286 e. The van der Waals surface area contributed by atoms with Gasteiger partial charge in [-0.2, -0.15) is 10.2 Å². The highest BCUT2D eigenvalue weighted by molar-refractivity contribution is 5.85. The molecule has 244 valence electrons. The number of rotatable bonds is 10. The molecule has 0 saturated carbocycles. The molecule has 11 nitrogen and oxygen atoms in total. The van der Waals surface area contributed by atoms with Crippen LogP contribution in [0.15, 0.2) is 125 Å². The zero-order valence-electron chi connectivity index (χ0n) is 25.6. The Balaban J connectivity index is 0.00000200. The van der Waals surface area contributed by atoms with Gasteiger partial charge in [-0.15, -0.1) is 17.5 Å². The van der Waals surface area contributed by atoms with Gasteiger partial charge in [0, 0.05) is 12.1 Å². The molecule has 0 spiro atoms. The number of fused-ring (bicyclic) bond motifs is 2. The molecule has 0 bridgehead atoms. The minimum Gasteiger partial charge on any atom is -1.00 e.